The van der Waals surface area contributed by atoms with Gasteiger partial charge in [-0.05, 0) is 17.5 Å². The zero-order valence-corrected chi connectivity index (χ0v) is 9.56. The molecule has 0 saturated heterocycles. The van der Waals surface area contributed by atoms with E-state index < -0.39 is 0 Å². The molecule has 0 heterocycles. The summed E-state index contributed by atoms with van der Waals surface area (Å²) < 4.78 is 5.22. The standard InChI is InChI=1S/C13H15NO2/c1-10(2)11-6-3-4-7-12(11)16-13(15)8-5-9-14/h3-4,6-7,10H,5,8H2,1-2H3. The van der Waals surface area contributed by atoms with Gasteiger partial charge < -0.3 is 4.74 Å². The molecule has 0 radical (unpaired) electrons. The quantitative estimate of drug-likeness (QED) is 0.575. The SMILES string of the molecule is CC(C)c1ccccc1OC(=O)CCC#N. The molecule has 0 aliphatic carbocycles. The minimum Gasteiger partial charge on any atom is -0.426 e. The molecule has 0 N–H and O–H groups in total. The molecular formula is C13H15NO2. The molecule has 1 aromatic rings. The van der Waals surface area contributed by atoms with Crippen molar-refractivity contribution in [1.82, 2.24) is 0 Å². The van der Waals surface area contributed by atoms with Gasteiger partial charge in [0.05, 0.1) is 12.5 Å². The van der Waals surface area contributed by atoms with E-state index in [0.717, 1.165) is 5.56 Å². The van der Waals surface area contributed by atoms with Crippen LogP contribution in [0.1, 0.15) is 38.2 Å². The van der Waals surface area contributed by atoms with Gasteiger partial charge in [-0.1, -0.05) is 32.0 Å². The van der Waals surface area contributed by atoms with Crippen molar-refractivity contribution in [2.75, 3.05) is 0 Å². The van der Waals surface area contributed by atoms with E-state index in [2.05, 4.69) is 0 Å². The van der Waals surface area contributed by atoms with Gasteiger partial charge in [0.2, 0.25) is 0 Å². The van der Waals surface area contributed by atoms with Crippen molar-refractivity contribution < 1.29 is 9.53 Å². The summed E-state index contributed by atoms with van der Waals surface area (Å²) in [5.41, 5.74) is 1.01. The number of esters is 1. The second kappa shape index (κ2) is 5.92. The number of nitrogens with zero attached hydrogens (tertiary/aromatic N) is 1. The molecule has 16 heavy (non-hydrogen) atoms. The summed E-state index contributed by atoms with van der Waals surface area (Å²) in [5.74, 6) is 0.551. The maximum atomic E-state index is 11.4. The van der Waals surface area contributed by atoms with E-state index >= 15 is 0 Å². The zero-order valence-electron chi connectivity index (χ0n) is 9.56. The predicted octanol–water partition coefficient (Wildman–Crippen LogP) is 3.02. The van der Waals surface area contributed by atoms with Gasteiger partial charge in [0.15, 0.2) is 0 Å². The van der Waals surface area contributed by atoms with Gasteiger partial charge in [0.1, 0.15) is 5.75 Å². The lowest BCUT2D eigenvalue weighted by Crippen LogP contribution is -2.09. The maximum Gasteiger partial charge on any atom is 0.312 e. The summed E-state index contributed by atoms with van der Waals surface area (Å²) in [6.45, 7) is 4.09. The highest BCUT2D eigenvalue weighted by Crippen LogP contribution is 2.26. The van der Waals surface area contributed by atoms with Crippen molar-refractivity contribution in [3.8, 4) is 11.8 Å². The second-order valence-electron chi connectivity index (χ2n) is 3.82. The minimum atomic E-state index is -0.352. The molecule has 1 aromatic carbocycles. The molecule has 0 amide bonds. The van der Waals surface area contributed by atoms with Crippen molar-refractivity contribution in [3.63, 3.8) is 0 Å². The van der Waals surface area contributed by atoms with Crippen LogP contribution in [0, 0.1) is 11.3 Å². The van der Waals surface area contributed by atoms with Gasteiger partial charge >= 0.3 is 5.97 Å². The molecule has 0 spiro atoms. The van der Waals surface area contributed by atoms with E-state index in [1.165, 1.54) is 0 Å². The third-order valence-corrected chi connectivity index (χ3v) is 2.21. The van der Waals surface area contributed by atoms with Crippen molar-refractivity contribution in [1.29, 1.82) is 5.26 Å². The van der Waals surface area contributed by atoms with Crippen LogP contribution in [0.2, 0.25) is 0 Å². The molecule has 0 aliphatic heterocycles. The van der Waals surface area contributed by atoms with E-state index in [0.29, 0.717) is 11.7 Å². The van der Waals surface area contributed by atoms with Crippen molar-refractivity contribution >= 4 is 5.97 Å². The highest BCUT2D eigenvalue weighted by atomic mass is 16.5. The number of rotatable bonds is 4. The van der Waals surface area contributed by atoms with Gasteiger partial charge in [-0.3, -0.25) is 4.79 Å². The van der Waals surface area contributed by atoms with Crippen LogP contribution >= 0.6 is 0 Å². The molecule has 0 aliphatic rings. The monoisotopic (exact) mass is 217 g/mol. The van der Waals surface area contributed by atoms with Crippen LogP contribution < -0.4 is 4.74 Å². The average Bonchev–Trinajstić information content (AvgIpc) is 2.27. The van der Waals surface area contributed by atoms with Crippen LogP contribution in [0.15, 0.2) is 24.3 Å². The average molecular weight is 217 g/mol. The molecule has 1 rings (SSSR count). The number of nitriles is 1. The summed E-state index contributed by atoms with van der Waals surface area (Å²) in [5, 5.41) is 8.37. The molecule has 0 unspecified atom stereocenters. The number of carbonyl (C=O) groups excluding carboxylic acids is 1. The Hall–Kier alpha value is -1.82. The van der Waals surface area contributed by atoms with Crippen LogP contribution in [0.4, 0.5) is 0 Å². The largest absolute Gasteiger partial charge is 0.426 e. The summed E-state index contributed by atoms with van der Waals surface area (Å²) in [4.78, 5) is 11.4. The first-order valence-corrected chi connectivity index (χ1v) is 5.31. The lowest BCUT2D eigenvalue weighted by molar-refractivity contribution is -0.134. The van der Waals surface area contributed by atoms with Crippen LogP contribution in [0.3, 0.4) is 0 Å². The number of carbonyl (C=O) groups is 1. The Labute approximate surface area is 95.7 Å². The van der Waals surface area contributed by atoms with E-state index in [-0.39, 0.29) is 18.8 Å². The maximum absolute atomic E-state index is 11.4. The number of para-hydroxylation sites is 1. The fourth-order valence-corrected chi connectivity index (χ4v) is 1.38. The van der Waals surface area contributed by atoms with Gasteiger partial charge in [0.25, 0.3) is 0 Å². The van der Waals surface area contributed by atoms with Crippen molar-refractivity contribution in [2.45, 2.75) is 32.6 Å². The van der Waals surface area contributed by atoms with Gasteiger partial charge in [-0.15, -0.1) is 0 Å². The first-order chi connectivity index (χ1) is 7.65. The third-order valence-electron chi connectivity index (χ3n) is 2.21. The number of ether oxygens (including phenoxy) is 1. The third kappa shape index (κ3) is 3.39. The Morgan fingerprint density at radius 2 is 2.12 bits per heavy atom. The smallest absolute Gasteiger partial charge is 0.312 e. The second-order valence-corrected chi connectivity index (χ2v) is 3.82. The molecule has 0 fully saturated rings. The Morgan fingerprint density at radius 3 is 2.75 bits per heavy atom. The molecule has 84 valence electrons. The van der Waals surface area contributed by atoms with E-state index in [1.54, 1.807) is 6.07 Å². The van der Waals surface area contributed by atoms with E-state index in [9.17, 15) is 4.79 Å². The normalized spacial score (nSPS) is 9.88. The Balaban J connectivity index is 2.73. The summed E-state index contributed by atoms with van der Waals surface area (Å²) in [6.07, 6.45) is 0.339. The topological polar surface area (TPSA) is 50.1 Å². The van der Waals surface area contributed by atoms with Gasteiger partial charge in [-0.2, -0.15) is 5.26 Å². The fourth-order valence-electron chi connectivity index (χ4n) is 1.38. The first-order valence-electron chi connectivity index (χ1n) is 5.31. The van der Waals surface area contributed by atoms with Crippen molar-refractivity contribution in [2.24, 2.45) is 0 Å². The van der Waals surface area contributed by atoms with Gasteiger partial charge in [-0.25, -0.2) is 0 Å². The van der Waals surface area contributed by atoms with Crippen molar-refractivity contribution in [3.05, 3.63) is 29.8 Å². The first kappa shape index (κ1) is 12.3. The molecule has 0 aromatic heterocycles. The Bertz CT molecular complexity index is 405. The molecule has 0 saturated carbocycles. The Morgan fingerprint density at radius 1 is 1.44 bits per heavy atom. The van der Waals surface area contributed by atoms with E-state index in [4.69, 9.17) is 10.00 Å². The highest BCUT2D eigenvalue weighted by molar-refractivity contribution is 5.73. The highest BCUT2D eigenvalue weighted by Gasteiger charge is 2.10. The molecule has 0 atom stereocenters. The molecule has 3 nitrogen and oxygen atoms in total. The molecule has 3 heteroatoms. The lowest BCUT2D eigenvalue weighted by atomic mass is 10.0. The number of hydrogen-bond donors (Lipinski definition) is 0. The molecular weight excluding hydrogens is 202 g/mol. The van der Waals surface area contributed by atoms with Crippen LogP contribution in [-0.4, -0.2) is 5.97 Å². The summed E-state index contributed by atoms with van der Waals surface area (Å²) >= 11 is 0. The van der Waals surface area contributed by atoms with Crippen LogP contribution in [0.25, 0.3) is 0 Å². The lowest BCUT2D eigenvalue weighted by Gasteiger charge is -2.11. The zero-order chi connectivity index (χ0) is 12.0. The number of hydrogen-bond acceptors (Lipinski definition) is 3. The fraction of sp³-hybridized carbons (Fsp3) is 0.385. The van der Waals surface area contributed by atoms with Crippen LogP contribution in [-0.2, 0) is 4.79 Å². The number of benzene rings is 1. The Kier molecular flexibility index (Phi) is 4.53. The summed E-state index contributed by atoms with van der Waals surface area (Å²) in [6, 6.07) is 9.39. The van der Waals surface area contributed by atoms with E-state index in [1.807, 2.05) is 38.1 Å². The van der Waals surface area contributed by atoms with Gasteiger partial charge in [0, 0.05) is 6.42 Å². The van der Waals surface area contributed by atoms with Crippen LogP contribution in [0.5, 0.6) is 5.75 Å². The molecule has 0 bridgehead atoms. The predicted molar refractivity (Wildman–Crippen MR) is 61.0 cm³/mol. The minimum absolute atomic E-state index is 0.142. The summed E-state index contributed by atoms with van der Waals surface area (Å²) in [7, 11) is 0.